The van der Waals surface area contributed by atoms with E-state index in [-0.39, 0.29) is 24.3 Å². The molecule has 3 amide bonds. The number of carbonyl (C=O) groups excluding carboxylic acids is 2. The highest BCUT2D eigenvalue weighted by Crippen LogP contribution is 2.18. The van der Waals surface area contributed by atoms with Crippen molar-refractivity contribution in [2.45, 2.75) is 32.1 Å². The minimum atomic E-state index is -0.806. The van der Waals surface area contributed by atoms with Crippen molar-refractivity contribution in [1.29, 1.82) is 0 Å². The minimum Gasteiger partial charge on any atom is -0.481 e. The Hall–Kier alpha value is -1.79. The van der Waals surface area contributed by atoms with Crippen LogP contribution in [0.4, 0.5) is 4.79 Å². The molecule has 0 spiro atoms. The second-order valence-corrected chi connectivity index (χ2v) is 5.58. The molecule has 21 heavy (non-hydrogen) atoms. The number of hydrogen-bond acceptors (Lipinski definition) is 3. The van der Waals surface area contributed by atoms with Gasteiger partial charge in [0, 0.05) is 46.1 Å². The van der Waals surface area contributed by atoms with Gasteiger partial charge in [-0.25, -0.2) is 4.79 Å². The van der Waals surface area contributed by atoms with E-state index < -0.39 is 5.97 Å². The van der Waals surface area contributed by atoms with Crippen LogP contribution >= 0.6 is 0 Å². The van der Waals surface area contributed by atoms with Crippen molar-refractivity contribution in [3.63, 3.8) is 0 Å². The molecule has 1 heterocycles. The number of amides is 3. The summed E-state index contributed by atoms with van der Waals surface area (Å²) in [5.41, 5.74) is 0. The monoisotopic (exact) mass is 299 g/mol. The fourth-order valence-corrected chi connectivity index (χ4v) is 2.37. The lowest BCUT2D eigenvalue weighted by molar-refractivity contribution is -0.137. The van der Waals surface area contributed by atoms with Gasteiger partial charge in [0.1, 0.15) is 0 Å². The number of carbonyl (C=O) groups is 3. The minimum absolute atomic E-state index is 0.0115. The van der Waals surface area contributed by atoms with Crippen LogP contribution < -0.4 is 5.32 Å². The van der Waals surface area contributed by atoms with Gasteiger partial charge in [-0.15, -0.1) is 0 Å². The second kappa shape index (κ2) is 8.49. The summed E-state index contributed by atoms with van der Waals surface area (Å²) in [6, 6.07) is -0.0115. The first-order valence-corrected chi connectivity index (χ1v) is 7.37. The molecule has 0 radical (unpaired) electrons. The molecule has 0 aromatic rings. The molecule has 0 bridgehead atoms. The van der Waals surface area contributed by atoms with Crippen molar-refractivity contribution >= 4 is 17.9 Å². The maximum atomic E-state index is 12.0. The summed E-state index contributed by atoms with van der Waals surface area (Å²) in [6.07, 6.45) is 2.75. The summed E-state index contributed by atoms with van der Waals surface area (Å²) in [4.78, 5) is 37.4. The summed E-state index contributed by atoms with van der Waals surface area (Å²) in [6.45, 7) is 1.73. The third-order valence-electron chi connectivity index (χ3n) is 3.64. The van der Waals surface area contributed by atoms with Gasteiger partial charge < -0.3 is 20.2 Å². The lowest BCUT2D eigenvalue weighted by Gasteiger charge is -2.33. The Morgan fingerprint density at radius 3 is 2.33 bits per heavy atom. The van der Waals surface area contributed by atoms with Gasteiger partial charge in [0.2, 0.25) is 5.91 Å². The Kier molecular flexibility index (Phi) is 6.98. The lowest BCUT2D eigenvalue weighted by Crippen LogP contribution is -2.46. The van der Waals surface area contributed by atoms with Crippen molar-refractivity contribution in [3.05, 3.63) is 0 Å². The molecule has 1 saturated heterocycles. The van der Waals surface area contributed by atoms with Gasteiger partial charge in [-0.2, -0.15) is 0 Å². The van der Waals surface area contributed by atoms with Gasteiger partial charge in [-0.3, -0.25) is 9.59 Å². The van der Waals surface area contributed by atoms with Crippen molar-refractivity contribution in [1.82, 2.24) is 15.1 Å². The lowest BCUT2D eigenvalue weighted by atomic mass is 9.96. The van der Waals surface area contributed by atoms with Crippen LogP contribution in [0.25, 0.3) is 0 Å². The van der Waals surface area contributed by atoms with E-state index in [1.165, 1.54) is 0 Å². The molecule has 2 N–H and O–H groups in total. The Balaban J connectivity index is 2.20. The molecule has 1 rings (SSSR count). The Morgan fingerprint density at radius 1 is 1.19 bits per heavy atom. The second-order valence-electron chi connectivity index (χ2n) is 5.58. The fourth-order valence-electron chi connectivity index (χ4n) is 2.37. The summed E-state index contributed by atoms with van der Waals surface area (Å²) >= 11 is 0. The van der Waals surface area contributed by atoms with Gasteiger partial charge >= 0.3 is 12.0 Å². The van der Waals surface area contributed by atoms with Crippen LogP contribution in [-0.2, 0) is 9.59 Å². The molecule has 0 aromatic carbocycles. The Morgan fingerprint density at radius 2 is 1.81 bits per heavy atom. The standard InChI is InChI=1S/C14H25N3O4/c1-16(2)14(21)17-9-6-11(7-10-17)13(20)15-8-4-3-5-12(18)19/h11H,3-10H2,1-2H3,(H,15,20)(H,18,19). The smallest absolute Gasteiger partial charge is 0.319 e. The first-order valence-electron chi connectivity index (χ1n) is 7.37. The predicted octanol–water partition coefficient (Wildman–Crippen LogP) is 0.751. The highest BCUT2D eigenvalue weighted by molar-refractivity contribution is 5.79. The molecule has 0 aromatic heterocycles. The Bertz CT molecular complexity index is 376. The average Bonchev–Trinajstić information content (AvgIpc) is 2.45. The summed E-state index contributed by atoms with van der Waals surface area (Å²) in [5, 5.41) is 11.4. The van der Waals surface area contributed by atoms with Gasteiger partial charge in [0.25, 0.3) is 0 Å². The van der Waals surface area contributed by atoms with Crippen LogP contribution in [0, 0.1) is 5.92 Å². The Labute approximate surface area is 125 Å². The molecule has 7 heteroatoms. The number of likely N-dealkylation sites (tertiary alicyclic amines) is 1. The van der Waals surface area contributed by atoms with Gasteiger partial charge in [0.15, 0.2) is 0 Å². The summed E-state index contributed by atoms with van der Waals surface area (Å²) < 4.78 is 0. The average molecular weight is 299 g/mol. The molecule has 7 nitrogen and oxygen atoms in total. The molecule has 0 unspecified atom stereocenters. The molecular formula is C14H25N3O4. The normalized spacial score (nSPS) is 15.6. The van der Waals surface area contributed by atoms with Crippen molar-refractivity contribution in [2.24, 2.45) is 5.92 Å². The van der Waals surface area contributed by atoms with E-state index in [1.807, 2.05) is 0 Å². The van der Waals surface area contributed by atoms with E-state index in [0.29, 0.717) is 45.3 Å². The molecular weight excluding hydrogens is 274 g/mol. The van der Waals surface area contributed by atoms with E-state index in [9.17, 15) is 14.4 Å². The van der Waals surface area contributed by atoms with E-state index in [0.717, 1.165) is 0 Å². The van der Waals surface area contributed by atoms with Gasteiger partial charge in [0.05, 0.1) is 0 Å². The predicted molar refractivity (Wildman–Crippen MR) is 77.9 cm³/mol. The number of rotatable bonds is 6. The maximum Gasteiger partial charge on any atom is 0.319 e. The number of unbranched alkanes of at least 4 members (excludes halogenated alkanes) is 1. The molecule has 0 aliphatic carbocycles. The number of carboxylic acid groups (broad SMARTS) is 1. The number of piperidine rings is 1. The first kappa shape index (κ1) is 17.3. The van der Waals surface area contributed by atoms with Crippen LogP contribution in [0.5, 0.6) is 0 Å². The number of urea groups is 1. The molecule has 0 saturated carbocycles. The zero-order valence-corrected chi connectivity index (χ0v) is 12.8. The van der Waals surface area contributed by atoms with Crippen LogP contribution in [0.15, 0.2) is 0 Å². The molecule has 1 aliphatic heterocycles. The van der Waals surface area contributed by atoms with Gasteiger partial charge in [-0.1, -0.05) is 0 Å². The fraction of sp³-hybridized carbons (Fsp3) is 0.786. The van der Waals surface area contributed by atoms with E-state index in [1.54, 1.807) is 23.9 Å². The zero-order chi connectivity index (χ0) is 15.8. The molecule has 1 fully saturated rings. The van der Waals surface area contributed by atoms with Crippen LogP contribution in [-0.4, -0.2) is 66.5 Å². The highest BCUT2D eigenvalue weighted by atomic mass is 16.4. The summed E-state index contributed by atoms with van der Waals surface area (Å²) in [7, 11) is 3.44. The van der Waals surface area contributed by atoms with Crippen LogP contribution in [0.1, 0.15) is 32.1 Å². The first-order chi connectivity index (χ1) is 9.91. The van der Waals surface area contributed by atoms with Crippen molar-refractivity contribution < 1.29 is 19.5 Å². The van der Waals surface area contributed by atoms with Gasteiger partial charge in [-0.05, 0) is 25.7 Å². The van der Waals surface area contributed by atoms with E-state index in [4.69, 9.17) is 5.11 Å². The largest absolute Gasteiger partial charge is 0.481 e. The third-order valence-corrected chi connectivity index (χ3v) is 3.64. The number of nitrogens with one attached hydrogen (secondary N) is 1. The molecule has 1 aliphatic rings. The maximum absolute atomic E-state index is 12.0. The third kappa shape index (κ3) is 6.01. The SMILES string of the molecule is CN(C)C(=O)N1CCC(C(=O)NCCCCC(=O)O)CC1. The van der Waals surface area contributed by atoms with Crippen molar-refractivity contribution in [3.8, 4) is 0 Å². The number of aliphatic carboxylic acids is 1. The van der Waals surface area contributed by atoms with E-state index in [2.05, 4.69) is 5.32 Å². The molecule has 0 atom stereocenters. The van der Waals surface area contributed by atoms with Crippen LogP contribution in [0.3, 0.4) is 0 Å². The topological polar surface area (TPSA) is 90.0 Å². The summed E-state index contributed by atoms with van der Waals surface area (Å²) in [5.74, 6) is -0.836. The molecule has 120 valence electrons. The van der Waals surface area contributed by atoms with E-state index >= 15 is 0 Å². The zero-order valence-electron chi connectivity index (χ0n) is 12.8. The van der Waals surface area contributed by atoms with Crippen LogP contribution in [0.2, 0.25) is 0 Å². The number of nitrogens with zero attached hydrogens (tertiary/aromatic N) is 2. The highest BCUT2D eigenvalue weighted by Gasteiger charge is 2.27. The number of carboxylic acids is 1. The number of hydrogen-bond donors (Lipinski definition) is 2. The van der Waals surface area contributed by atoms with Crippen molar-refractivity contribution in [2.75, 3.05) is 33.7 Å². The quantitative estimate of drug-likeness (QED) is 0.708.